The molecule has 0 spiro atoms. The van der Waals surface area contributed by atoms with Gasteiger partial charge in [0, 0.05) is 12.1 Å². The smallest absolute Gasteiger partial charge is 0.268 e. The number of amides is 1. The molecule has 0 atom stereocenters. The van der Waals surface area contributed by atoms with Gasteiger partial charge < -0.3 is 5.32 Å². The predicted molar refractivity (Wildman–Crippen MR) is 53.4 cm³/mol. The van der Waals surface area contributed by atoms with Crippen LogP contribution < -0.4 is 5.32 Å². The summed E-state index contributed by atoms with van der Waals surface area (Å²) in [6.07, 6.45) is 5.91. The van der Waals surface area contributed by atoms with Crippen molar-refractivity contribution in [2.24, 2.45) is 5.11 Å². The number of likely N-dealkylation sites (N-methyl/N-ethyl adjacent to an activating group) is 1. The molecular formula is C10H15N3O+. The zero-order chi connectivity index (χ0) is 10.4. The number of rotatable bonds is 4. The first-order valence-corrected chi connectivity index (χ1v) is 4.57. The maximum absolute atomic E-state index is 11.3. The molecule has 0 saturated carbocycles. The number of carbonyl (C=O) groups is 1. The third kappa shape index (κ3) is 3.51. The number of allylic oxidation sites excluding steroid dienone is 1. The summed E-state index contributed by atoms with van der Waals surface area (Å²) < 4.78 is 1.69. The summed E-state index contributed by atoms with van der Waals surface area (Å²) in [5, 5.41) is 6.77. The van der Waals surface area contributed by atoms with E-state index in [9.17, 15) is 4.79 Å². The minimum Gasteiger partial charge on any atom is -0.352 e. The van der Waals surface area contributed by atoms with Crippen molar-refractivity contribution in [3.8, 4) is 0 Å². The molecule has 0 fully saturated rings. The lowest BCUT2D eigenvalue weighted by Crippen LogP contribution is -2.23. The molecule has 1 rings (SSSR count). The second-order valence-electron chi connectivity index (χ2n) is 3.07. The normalized spacial score (nSPS) is 15.6. The number of carbonyl (C=O) groups excluding carboxylic acids is 1. The van der Waals surface area contributed by atoms with Crippen LogP contribution in [0.5, 0.6) is 0 Å². The van der Waals surface area contributed by atoms with E-state index >= 15 is 0 Å². The highest BCUT2D eigenvalue weighted by Gasteiger charge is 2.16. The molecule has 1 radical (unpaired) electrons. The Labute approximate surface area is 84.0 Å². The van der Waals surface area contributed by atoms with Crippen molar-refractivity contribution in [2.45, 2.75) is 13.3 Å². The van der Waals surface area contributed by atoms with E-state index in [2.05, 4.69) is 10.4 Å². The molecule has 0 saturated heterocycles. The predicted octanol–water partition coefficient (Wildman–Crippen LogP) is 1.22. The van der Waals surface area contributed by atoms with Crippen molar-refractivity contribution in [1.82, 2.24) is 5.32 Å². The van der Waals surface area contributed by atoms with Gasteiger partial charge in [-0.25, -0.2) is 0 Å². The van der Waals surface area contributed by atoms with Crippen LogP contribution in [0.2, 0.25) is 0 Å². The lowest BCUT2D eigenvalue weighted by molar-refractivity contribution is -0.512. The molecule has 0 unspecified atom stereocenters. The third-order valence-electron chi connectivity index (χ3n) is 1.78. The highest BCUT2D eigenvalue weighted by Crippen LogP contribution is 2.11. The second-order valence-corrected chi connectivity index (χ2v) is 3.07. The SMILES string of the molecule is C/C=C/CNC(=O)CC1=CN=[N+](C)[CH]1. The van der Waals surface area contributed by atoms with Crippen molar-refractivity contribution in [1.29, 1.82) is 0 Å². The van der Waals surface area contributed by atoms with E-state index in [-0.39, 0.29) is 5.91 Å². The molecule has 0 aromatic rings. The summed E-state index contributed by atoms with van der Waals surface area (Å²) in [6.45, 7) is 4.36. The second kappa shape index (κ2) is 5.32. The van der Waals surface area contributed by atoms with Gasteiger partial charge in [0.05, 0.1) is 6.42 Å². The van der Waals surface area contributed by atoms with Crippen LogP contribution in [0, 0.1) is 6.54 Å². The molecule has 0 aliphatic carbocycles. The standard InChI is InChI=1S/C10H15N3O/c1-3-4-5-11-10(14)6-9-7-12-13(2)8-9/h3-4,7-8H,5-6H2,1-2H3,(H,11,14)/q+1/b4-3+. The fraction of sp³-hybridized carbons (Fsp3) is 0.400. The van der Waals surface area contributed by atoms with Crippen molar-refractivity contribution < 1.29 is 9.49 Å². The first kappa shape index (κ1) is 10.6. The molecule has 0 aromatic heterocycles. The number of azo groups is 2. The van der Waals surface area contributed by atoms with Crippen LogP contribution in [0.25, 0.3) is 0 Å². The Morgan fingerprint density at radius 1 is 1.71 bits per heavy atom. The van der Waals surface area contributed by atoms with E-state index in [1.165, 1.54) is 0 Å². The fourth-order valence-electron chi connectivity index (χ4n) is 1.10. The summed E-state index contributed by atoms with van der Waals surface area (Å²) in [6, 6.07) is 0. The summed E-state index contributed by atoms with van der Waals surface area (Å²) >= 11 is 0. The summed E-state index contributed by atoms with van der Waals surface area (Å²) in [7, 11) is 1.83. The first-order chi connectivity index (χ1) is 6.72. The highest BCUT2D eigenvalue weighted by molar-refractivity contribution is 5.78. The molecule has 1 heterocycles. The van der Waals surface area contributed by atoms with Gasteiger partial charge in [0.15, 0.2) is 7.05 Å². The molecule has 0 bridgehead atoms. The maximum Gasteiger partial charge on any atom is 0.268 e. The zero-order valence-corrected chi connectivity index (χ0v) is 8.53. The van der Waals surface area contributed by atoms with E-state index < -0.39 is 0 Å². The molecular weight excluding hydrogens is 178 g/mol. The molecule has 4 nitrogen and oxygen atoms in total. The van der Waals surface area contributed by atoms with Crippen LogP contribution >= 0.6 is 0 Å². The summed E-state index contributed by atoms with van der Waals surface area (Å²) in [4.78, 5) is 11.3. The Hall–Kier alpha value is -1.45. The Kier molecular flexibility index (Phi) is 4.04. The topological polar surface area (TPSA) is 44.5 Å². The van der Waals surface area contributed by atoms with Gasteiger partial charge in [0.1, 0.15) is 6.20 Å². The van der Waals surface area contributed by atoms with Gasteiger partial charge in [-0.15, -0.1) is 4.70 Å². The van der Waals surface area contributed by atoms with E-state index in [4.69, 9.17) is 0 Å². The van der Waals surface area contributed by atoms with E-state index in [1.54, 1.807) is 10.9 Å². The quantitative estimate of drug-likeness (QED) is 0.529. The van der Waals surface area contributed by atoms with Gasteiger partial charge >= 0.3 is 0 Å². The molecule has 1 aliphatic rings. The summed E-state index contributed by atoms with van der Waals surface area (Å²) in [5.74, 6) is 0.0242. The highest BCUT2D eigenvalue weighted by atomic mass is 16.1. The van der Waals surface area contributed by atoms with Crippen LogP contribution in [-0.4, -0.2) is 24.2 Å². The summed E-state index contributed by atoms with van der Waals surface area (Å²) in [5.41, 5.74) is 0.936. The van der Waals surface area contributed by atoms with Crippen LogP contribution in [0.3, 0.4) is 0 Å². The van der Waals surface area contributed by atoms with Crippen molar-refractivity contribution >= 4 is 5.91 Å². The Morgan fingerprint density at radius 2 is 2.50 bits per heavy atom. The van der Waals surface area contributed by atoms with Gasteiger partial charge in [-0.3, -0.25) is 4.79 Å². The fourth-order valence-corrected chi connectivity index (χ4v) is 1.10. The lowest BCUT2D eigenvalue weighted by atomic mass is 10.2. The minimum atomic E-state index is 0.0242. The van der Waals surface area contributed by atoms with Crippen LogP contribution in [0.15, 0.2) is 29.0 Å². The molecule has 1 amide bonds. The number of hydrogen-bond acceptors (Lipinski definition) is 2. The molecule has 14 heavy (non-hydrogen) atoms. The van der Waals surface area contributed by atoms with Gasteiger partial charge in [0.25, 0.3) is 6.54 Å². The monoisotopic (exact) mass is 193 g/mol. The van der Waals surface area contributed by atoms with Crippen LogP contribution in [0.4, 0.5) is 0 Å². The van der Waals surface area contributed by atoms with Crippen molar-refractivity contribution in [3.05, 3.63) is 30.5 Å². The Morgan fingerprint density at radius 3 is 3.07 bits per heavy atom. The number of nitrogens with one attached hydrogen (secondary N) is 1. The minimum absolute atomic E-state index is 0.0242. The average Bonchev–Trinajstić information content (AvgIpc) is 2.52. The van der Waals surface area contributed by atoms with Crippen LogP contribution in [0.1, 0.15) is 13.3 Å². The van der Waals surface area contributed by atoms with Gasteiger partial charge in [-0.05, 0) is 12.0 Å². The van der Waals surface area contributed by atoms with Gasteiger partial charge in [-0.2, -0.15) is 0 Å². The Bertz CT molecular complexity index is 302. The maximum atomic E-state index is 11.3. The van der Waals surface area contributed by atoms with Crippen molar-refractivity contribution in [3.63, 3.8) is 0 Å². The molecule has 1 aliphatic heterocycles. The zero-order valence-electron chi connectivity index (χ0n) is 8.53. The number of nitrogens with zero attached hydrogens (tertiary/aromatic N) is 2. The average molecular weight is 193 g/mol. The van der Waals surface area contributed by atoms with E-state index in [1.807, 2.05) is 32.7 Å². The van der Waals surface area contributed by atoms with Crippen LogP contribution in [-0.2, 0) is 4.79 Å². The molecule has 0 aromatic carbocycles. The number of hydrogen-bond donors (Lipinski definition) is 1. The third-order valence-corrected chi connectivity index (χ3v) is 1.78. The van der Waals surface area contributed by atoms with E-state index in [0.29, 0.717) is 13.0 Å². The first-order valence-electron chi connectivity index (χ1n) is 4.57. The van der Waals surface area contributed by atoms with E-state index in [0.717, 1.165) is 5.57 Å². The van der Waals surface area contributed by atoms with Crippen molar-refractivity contribution in [2.75, 3.05) is 13.6 Å². The molecule has 1 N–H and O–H groups in total. The molecule has 4 heteroatoms. The molecule has 75 valence electrons. The van der Waals surface area contributed by atoms with Gasteiger partial charge in [0.2, 0.25) is 5.91 Å². The largest absolute Gasteiger partial charge is 0.352 e. The lowest BCUT2D eigenvalue weighted by Gasteiger charge is -1.99. The van der Waals surface area contributed by atoms with Gasteiger partial charge in [-0.1, -0.05) is 12.2 Å². The Balaban J connectivity index is 2.22.